The van der Waals surface area contributed by atoms with Gasteiger partial charge in [0.2, 0.25) is 5.91 Å². The third-order valence-corrected chi connectivity index (χ3v) is 4.04. The molecule has 2 rings (SSSR count). The number of aromatic nitrogens is 1. The Kier molecular flexibility index (Phi) is 4.60. The number of likely N-dealkylation sites (tertiary alicyclic amines) is 1. The van der Waals surface area contributed by atoms with E-state index >= 15 is 0 Å². The number of hydrogen-bond donors (Lipinski definition) is 2. The van der Waals surface area contributed by atoms with Crippen LogP contribution in [0.3, 0.4) is 0 Å². The van der Waals surface area contributed by atoms with Crippen molar-refractivity contribution < 1.29 is 4.79 Å². The summed E-state index contributed by atoms with van der Waals surface area (Å²) in [5.41, 5.74) is 10.1. The second-order valence-electron chi connectivity index (χ2n) is 5.68. The molecule has 3 N–H and O–H groups in total. The van der Waals surface area contributed by atoms with Gasteiger partial charge in [-0.1, -0.05) is 0 Å². The van der Waals surface area contributed by atoms with Crippen LogP contribution < -0.4 is 11.1 Å². The minimum Gasteiger partial charge on any atom is -0.398 e. The molecule has 1 aromatic rings. The van der Waals surface area contributed by atoms with E-state index in [1.807, 2.05) is 20.0 Å². The van der Waals surface area contributed by atoms with Crippen molar-refractivity contribution in [1.82, 2.24) is 15.2 Å². The average Bonchev–Trinajstić information content (AvgIpc) is 2.41. The van der Waals surface area contributed by atoms with E-state index in [9.17, 15) is 4.79 Å². The van der Waals surface area contributed by atoms with E-state index in [0.717, 1.165) is 55.0 Å². The van der Waals surface area contributed by atoms with Crippen molar-refractivity contribution >= 4 is 11.6 Å². The Morgan fingerprint density at radius 3 is 2.70 bits per heavy atom. The highest BCUT2D eigenvalue weighted by atomic mass is 16.1. The minimum absolute atomic E-state index is 0.0623. The van der Waals surface area contributed by atoms with Gasteiger partial charge in [0.05, 0.1) is 5.69 Å². The lowest BCUT2D eigenvalue weighted by Gasteiger charge is -2.32. The average molecular weight is 276 g/mol. The SMILES string of the molecule is CC(=O)NC1CCN(Cc2ncc(C)c(N)c2C)CC1. The van der Waals surface area contributed by atoms with Crippen molar-refractivity contribution in [3.05, 3.63) is 23.0 Å². The number of nitrogens with zero attached hydrogens (tertiary/aromatic N) is 2. The van der Waals surface area contributed by atoms with Crippen LogP contribution in [0.25, 0.3) is 0 Å². The first-order valence-electron chi connectivity index (χ1n) is 7.17. The van der Waals surface area contributed by atoms with Crippen molar-refractivity contribution in [2.45, 2.75) is 46.2 Å². The van der Waals surface area contributed by atoms with Crippen LogP contribution in [0.1, 0.15) is 36.6 Å². The molecule has 0 aromatic carbocycles. The summed E-state index contributed by atoms with van der Waals surface area (Å²) >= 11 is 0. The number of pyridine rings is 1. The van der Waals surface area contributed by atoms with E-state index in [1.54, 1.807) is 6.92 Å². The molecule has 0 radical (unpaired) electrons. The van der Waals surface area contributed by atoms with Gasteiger partial charge in [0.15, 0.2) is 0 Å². The zero-order valence-corrected chi connectivity index (χ0v) is 12.6. The van der Waals surface area contributed by atoms with Crippen LogP contribution in [0.15, 0.2) is 6.20 Å². The first-order valence-corrected chi connectivity index (χ1v) is 7.17. The van der Waals surface area contributed by atoms with Crippen LogP contribution in [0, 0.1) is 13.8 Å². The number of aryl methyl sites for hydroxylation is 1. The number of carbonyl (C=O) groups excluding carboxylic acids is 1. The predicted octanol–water partition coefficient (Wildman–Crippen LogP) is 1.38. The first-order chi connectivity index (χ1) is 9.47. The maximum atomic E-state index is 11.0. The Labute approximate surface area is 120 Å². The third kappa shape index (κ3) is 3.48. The molecular formula is C15H24N4O. The van der Waals surface area contributed by atoms with E-state index in [4.69, 9.17) is 5.73 Å². The number of anilines is 1. The molecular weight excluding hydrogens is 252 g/mol. The lowest BCUT2D eigenvalue weighted by molar-refractivity contribution is -0.119. The zero-order chi connectivity index (χ0) is 14.7. The maximum absolute atomic E-state index is 11.0. The quantitative estimate of drug-likeness (QED) is 0.875. The number of nitrogen functional groups attached to an aromatic ring is 1. The highest BCUT2D eigenvalue weighted by Gasteiger charge is 2.20. The molecule has 1 aliphatic heterocycles. The molecule has 1 amide bonds. The first kappa shape index (κ1) is 14.8. The van der Waals surface area contributed by atoms with Crippen LogP contribution in [-0.2, 0) is 11.3 Å². The molecule has 0 aliphatic carbocycles. The van der Waals surface area contributed by atoms with Crippen molar-refractivity contribution in [3.63, 3.8) is 0 Å². The molecule has 2 heterocycles. The van der Waals surface area contributed by atoms with Gasteiger partial charge in [-0.05, 0) is 37.8 Å². The molecule has 5 nitrogen and oxygen atoms in total. The van der Waals surface area contributed by atoms with Gasteiger partial charge in [0.1, 0.15) is 0 Å². The highest BCUT2D eigenvalue weighted by Crippen LogP contribution is 2.20. The van der Waals surface area contributed by atoms with E-state index < -0.39 is 0 Å². The number of nitrogens with two attached hydrogens (primary N) is 1. The van der Waals surface area contributed by atoms with Gasteiger partial charge in [-0.3, -0.25) is 14.7 Å². The Bertz CT molecular complexity index is 493. The smallest absolute Gasteiger partial charge is 0.217 e. The number of carbonyl (C=O) groups is 1. The molecule has 5 heteroatoms. The van der Waals surface area contributed by atoms with Gasteiger partial charge in [-0.25, -0.2) is 0 Å². The third-order valence-electron chi connectivity index (χ3n) is 4.04. The largest absolute Gasteiger partial charge is 0.398 e. The topological polar surface area (TPSA) is 71.2 Å². The van der Waals surface area contributed by atoms with Gasteiger partial charge >= 0.3 is 0 Å². The van der Waals surface area contributed by atoms with Crippen LogP contribution in [0.4, 0.5) is 5.69 Å². The number of nitrogens with one attached hydrogen (secondary N) is 1. The van der Waals surface area contributed by atoms with Gasteiger partial charge in [-0.15, -0.1) is 0 Å². The Morgan fingerprint density at radius 2 is 2.10 bits per heavy atom. The zero-order valence-electron chi connectivity index (χ0n) is 12.6. The number of rotatable bonds is 3. The van der Waals surface area contributed by atoms with Crippen LogP contribution >= 0.6 is 0 Å². The fourth-order valence-electron chi connectivity index (χ4n) is 2.69. The molecule has 0 spiro atoms. The summed E-state index contributed by atoms with van der Waals surface area (Å²) < 4.78 is 0. The molecule has 20 heavy (non-hydrogen) atoms. The van der Waals surface area contributed by atoms with E-state index in [-0.39, 0.29) is 5.91 Å². The molecule has 110 valence electrons. The van der Waals surface area contributed by atoms with E-state index in [0.29, 0.717) is 6.04 Å². The van der Waals surface area contributed by atoms with Crippen LogP contribution in [0.2, 0.25) is 0 Å². The second kappa shape index (κ2) is 6.22. The molecule has 0 bridgehead atoms. The fourth-order valence-corrected chi connectivity index (χ4v) is 2.69. The number of hydrogen-bond acceptors (Lipinski definition) is 4. The second-order valence-corrected chi connectivity index (χ2v) is 5.68. The lowest BCUT2D eigenvalue weighted by Crippen LogP contribution is -2.43. The molecule has 0 saturated carbocycles. The summed E-state index contributed by atoms with van der Waals surface area (Å²) in [5.74, 6) is 0.0623. The van der Waals surface area contributed by atoms with Crippen molar-refractivity contribution in [3.8, 4) is 0 Å². The molecule has 0 unspecified atom stereocenters. The molecule has 1 fully saturated rings. The van der Waals surface area contributed by atoms with Gasteiger partial charge in [0, 0.05) is 44.5 Å². The molecule has 0 atom stereocenters. The summed E-state index contributed by atoms with van der Waals surface area (Å²) in [7, 11) is 0. The summed E-state index contributed by atoms with van der Waals surface area (Å²) in [4.78, 5) is 17.9. The summed E-state index contributed by atoms with van der Waals surface area (Å²) in [6, 6.07) is 0.320. The maximum Gasteiger partial charge on any atom is 0.217 e. The van der Waals surface area contributed by atoms with Gasteiger partial charge in [-0.2, -0.15) is 0 Å². The Balaban J connectivity index is 1.93. The minimum atomic E-state index is 0.0623. The normalized spacial score (nSPS) is 17.1. The number of piperidine rings is 1. The lowest BCUT2D eigenvalue weighted by atomic mass is 10.0. The molecule has 1 aliphatic rings. The number of amides is 1. The fraction of sp³-hybridized carbons (Fsp3) is 0.600. The Morgan fingerprint density at radius 1 is 1.45 bits per heavy atom. The van der Waals surface area contributed by atoms with Crippen molar-refractivity contribution in [2.75, 3.05) is 18.8 Å². The Hall–Kier alpha value is -1.62. The highest BCUT2D eigenvalue weighted by molar-refractivity contribution is 5.73. The van der Waals surface area contributed by atoms with Gasteiger partial charge in [0.25, 0.3) is 0 Å². The van der Waals surface area contributed by atoms with E-state index in [2.05, 4.69) is 15.2 Å². The van der Waals surface area contributed by atoms with Crippen molar-refractivity contribution in [1.29, 1.82) is 0 Å². The summed E-state index contributed by atoms with van der Waals surface area (Å²) in [5, 5.41) is 2.99. The predicted molar refractivity (Wildman–Crippen MR) is 80.2 cm³/mol. The van der Waals surface area contributed by atoms with Crippen LogP contribution in [0.5, 0.6) is 0 Å². The van der Waals surface area contributed by atoms with Crippen molar-refractivity contribution in [2.24, 2.45) is 0 Å². The van der Waals surface area contributed by atoms with Gasteiger partial charge < -0.3 is 11.1 Å². The van der Waals surface area contributed by atoms with E-state index in [1.165, 1.54) is 0 Å². The monoisotopic (exact) mass is 276 g/mol. The van der Waals surface area contributed by atoms with Crippen LogP contribution in [-0.4, -0.2) is 34.9 Å². The summed E-state index contributed by atoms with van der Waals surface area (Å²) in [6.07, 6.45) is 3.85. The standard InChI is InChI=1S/C15H24N4O/c1-10-8-17-14(11(2)15(10)16)9-19-6-4-13(5-7-19)18-12(3)20/h8,13H,4-7,9H2,1-3H3,(H2,16,17)(H,18,20). The molecule has 1 saturated heterocycles. The molecule has 1 aromatic heterocycles. The summed E-state index contributed by atoms with van der Waals surface area (Å²) in [6.45, 7) is 8.41.